The molecule has 0 bridgehead atoms. The highest BCUT2D eigenvalue weighted by Crippen LogP contribution is 2.38. The van der Waals surface area contributed by atoms with E-state index >= 15 is 0 Å². The number of carboxylic acids is 1. The zero-order valence-corrected chi connectivity index (χ0v) is 12.8. The van der Waals surface area contributed by atoms with Gasteiger partial charge in [0.15, 0.2) is 0 Å². The zero-order chi connectivity index (χ0) is 15.3. The Morgan fingerprint density at radius 1 is 1.50 bits per heavy atom. The van der Waals surface area contributed by atoms with Gasteiger partial charge < -0.3 is 14.9 Å². The lowest BCUT2D eigenvalue weighted by atomic mass is 9.76. The van der Waals surface area contributed by atoms with E-state index in [2.05, 4.69) is 6.58 Å². The monoisotopic (exact) mass is 282 g/mol. The van der Waals surface area contributed by atoms with Gasteiger partial charge in [-0.2, -0.15) is 0 Å². The Labute approximate surface area is 121 Å². The van der Waals surface area contributed by atoms with Crippen LogP contribution in [0.1, 0.15) is 33.1 Å². The van der Waals surface area contributed by atoms with Crippen LogP contribution in [0.3, 0.4) is 0 Å². The van der Waals surface area contributed by atoms with Crippen LogP contribution in [-0.4, -0.2) is 53.6 Å². The molecule has 5 heteroatoms. The number of hydrogen-bond donors (Lipinski definition) is 1. The summed E-state index contributed by atoms with van der Waals surface area (Å²) in [6.07, 6.45) is 4.13. The van der Waals surface area contributed by atoms with Crippen LogP contribution >= 0.6 is 0 Å². The summed E-state index contributed by atoms with van der Waals surface area (Å²) in [6, 6.07) is -0.0714. The summed E-state index contributed by atoms with van der Waals surface area (Å²) in [5, 5.41) is 9.48. The van der Waals surface area contributed by atoms with Crippen molar-refractivity contribution in [1.82, 2.24) is 9.80 Å². The number of allylic oxidation sites excluding steroid dienone is 1. The molecule has 5 nitrogen and oxygen atoms in total. The molecule has 1 fully saturated rings. The van der Waals surface area contributed by atoms with E-state index in [0.29, 0.717) is 26.1 Å². The molecule has 0 saturated carbocycles. The van der Waals surface area contributed by atoms with Crippen molar-refractivity contribution in [2.45, 2.75) is 33.1 Å². The van der Waals surface area contributed by atoms with E-state index < -0.39 is 11.4 Å². The maximum Gasteiger partial charge on any atom is 0.319 e. The van der Waals surface area contributed by atoms with Gasteiger partial charge in [0.1, 0.15) is 0 Å². The Hall–Kier alpha value is -1.52. The van der Waals surface area contributed by atoms with E-state index in [1.165, 1.54) is 0 Å². The Morgan fingerprint density at radius 2 is 2.15 bits per heavy atom. The van der Waals surface area contributed by atoms with Gasteiger partial charge in [-0.1, -0.05) is 19.9 Å². The van der Waals surface area contributed by atoms with Crippen LogP contribution in [-0.2, 0) is 4.79 Å². The summed E-state index contributed by atoms with van der Waals surface area (Å²) < 4.78 is 0. The molecule has 0 radical (unpaired) electrons. The first-order valence-electron chi connectivity index (χ1n) is 7.19. The van der Waals surface area contributed by atoms with Crippen molar-refractivity contribution in [1.29, 1.82) is 0 Å². The first-order chi connectivity index (χ1) is 9.35. The maximum atomic E-state index is 12.3. The number of rotatable bonds is 6. The number of carboxylic acid groups (broad SMARTS) is 1. The number of unbranched alkanes of at least 4 members (excludes halogenated alkanes) is 1. The smallest absolute Gasteiger partial charge is 0.319 e. The van der Waals surface area contributed by atoms with Crippen LogP contribution in [0.15, 0.2) is 12.7 Å². The number of aliphatic carboxylic acids is 1. The second kappa shape index (κ2) is 6.77. The van der Waals surface area contributed by atoms with E-state index in [-0.39, 0.29) is 11.9 Å². The largest absolute Gasteiger partial charge is 0.481 e. The number of carbonyl (C=O) groups excluding carboxylic acids is 1. The van der Waals surface area contributed by atoms with Crippen molar-refractivity contribution in [3.8, 4) is 0 Å². The van der Waals surface area contributed by atoms with E-state index in [1.54, 1.807) is 16.8 Å². The Balaban J connectivity index is 2.64. The molecule has 0 aliphatic carbocycles. The van der Waals surface area contributed by atoms with Gasteiger partial charge in [0.25, 0.3) is 0 Å². The third-order valence-electron chi connectivity index (χ3n) is 4.33. The van der Waals surface area contributed by atoms with Gasteiger partial charge in [-0.3, -0.25) is 4.79 Å². The van der Waals surface area contributed by atoms with Crippen molar-refractivity contribution in [2.75, 3.05) is 26.7 Å². The Morgan fingerprint density at radius 3 is 2.60 bits per heavy atom. The lowest BCUT2D eigenvalue weighted by molar-refractivity contribution is -0.150. The zero-order valence-electron chi connectivity index (χ0n) is 12.8. The van der Waals surface area contributed by atoms with Crippen LogP contribution in [0.25, 0.3) is 0 Å². The summed E-state index contributed by atoms with van der Waals surface area (Å²) in [5.74, 6) is -0.777. The quantitative estimate of drug-likeness (QED) is 0.601. The summed E-state index contributed by atoms with van der Waals surface area (Å²) in [7, 11) is 1.77. The molecule has 1 aliphatic heterocycles. The molecule has 0 aromatic heterocycles. The summed E-state index contributed by atoms with van der Waals surface area (Å²) in [5.41, 5.74) is -0.794. The third kappa shape index (κ3) is 3.32. The predicted octanol–water partition coefficient (Wildman–Crippen LogP) is 2.44. The molecule has 1 atom stereocenters. The van der Waals surface area contributed by atoms with Gasteiger partial charge in [0, 0.05) is 26.7 Å². The van der Waals surface area contributed by atoms with Gasteiger partial charge in [0.05, 0.1) is 5.41 Å². The fourth-order valence-corrected chi connectivity index (χ4v) is 2.70. The molecule has 0 aromatic carbocycles. The van der Waals surface area contributed by atoms with E-state index in [4.69, 9.17) is 0 Å². The molecule has 2 amide bonds. The molecule has 0 spiro atoms. The SMILES string of the molecule is C=CCCCN(C)C(=O)N1CCC(C(=O)O)(C(C)C)C1. The molecule has 1 N–H and O–H groups in total. The fraction of sp³-hybridized carbons (Fsp3) is 0.733. The molecular formula is C15H26N2O3. The van der Waals surface area contributed by atoms with Crippen LogP contribution in [0.2, 0.25) is 0 Å². The van der Waals surface area contributed by atoms with Gasteiger partial charge in [0.2, 0.25) is 0 Å². The molecule has 1 heterocycles. The third-order valence-corrected chi connectivity index (χ3v) is 4.33. The van der Waals surface area contributed by atoms with Crippen LogP contribution in [0, 0.1) is 11.3 Å². The maximum absolute atomic E-state index is 12.3. The molecule has 0 aromatic rings. The summed E-state index contributed by atoms with van der Waals surface area (Å²) >= 11 is 0. The molecular weight excluding hydrogens is 256 g/mol. The van der Waals surface area contributed by atoms with Crippen molar-refractivity contribution in [3.05, 3.63) is 12.7 Å². The number of carbonyl (C=O) groups is 2. The normalized spacial score (nSPS) is 22.1. The fourth-order valence-electron chi connectivity index (χ4n) is 2.70. The minimum atomic E-state index is -0.794. The Kier molecular flexibility index (Phi) is 5.60. The molecule has 114 valence electrons. The Bertz CT molecular complexity index is 381. The van der Waals surface area contributed by atoms with Gasteiger partial charge in [-0.25, -0.2) is 4.79 Å². The number of likely N-dealkylation sites (tertiary alicyclic amines) is 1. The molecule has 1 saturated heterocycles. The van der Waals surface area contributed by atoms with Gasteiger partial charge in [-0.15, -0.1) is 6.58 Å². The van der Waals surface area contributed by atoms with Crippen molar-refractivity contribution < 1.29 is 14.7 Å². The first kappa shape index (κ1) is 16.5. The van der Waals surface area contributed by atoms with E-state index in [0.717, 1.165) is 12.8 Å². The van der Waals surface area contributed by atoms with Crippen molar-refractivity contribution in [3.63, 3.8) is 0 Å². The van der Waals surface area contributed by atoms with E-state index in [9.17, 15) is 14.7 Å². The van der Waals surface area contributed by atoms with Gasteiger partial charge >= 0.3 is 12.0 Å². The molecule has 1 rings (SSSR count). The highest BCUT2D eigenvalue weighted by Gasteiger charge is 2.48. The number of hydrogen-bond acceptors (Lipinski definition) is 2. The van der Waals surface area contributed by atoms with Crippen LogP contribution < -0.4 is 0 Å². The lowest BCUT2D eigenvalue weighted by Crippen LogP contribution is -2.44. The van der Waals surface area contributed by atoms with Gasteiger partial charge in [-0.05, 0) is 25.2 Å². The average molecular weight is 282 g/mol. The van der Waals surface area contributed by atoms with Crippen LogP contribution in [0.4, 0.5) is 4.79 Å². The van der Waals surface area contributed by atoms with Crippen molar-refractivity contribution in [2.24, 2.45) is 11.3 Å². The number of urea groups is 1. The highest BCUT2D eigenvalue weighted by molar-refractivity contribution is 5.80. The molecule has 1 unspecified atom stereocenters. The lowest BCUT2D eigenvalue weighted by Gasteiger charge is -2.30. The molecule has 20 heavy (non-hydrogen) atoms. The second-order valence-electron chi connectivity index (χ2n) is 5.92. The topological polar surface area (TPSA) is 60.9 Å². The number of nitrogens with zero attached hydrogens (tertiary/aromatic N) is 2. The summed E-state index contributed by atoms with van der Waals surface area (Å²) in [4.78, 5) is 27.2. The number of amides is 2. The first-order valence-corrected chi connectivity index (χ1v) is 7.19. The van der Waals surface area contributed by atoms with Crippen LogP contribution in [0.5, 0.6) is 0 Å². The van der Waals surface area contributed by atoms with E-state index in [1.807, 2.05) is 19.9 Å². The highest BCUT2D eigenvalue weighted by atomic mass is 16.4. The second-order valence-corrected chi connectivity index (χ2v) is 5.92. The minimum Gasteiger partial charge on any atom is -0.481 e. The molecule has 1 aliphatic rings. The summed E-state index contributed by atoms with van der Waals surface area (Å²) in [6.45, 7) is 8.99. The standard InChI is InChI=1S/C15H26N2O3/c1-5-6-7-9-16(4)14(20)17-10-8-15(11-17,12(2)3)13(18)19/h5,12H,1,6-11H2,2-4H3,(H,18,19). The predicted molar refractivity (Wildman–Crippen MR) is 78.6 cm³/mol. The minimum absolute atomic E-state index is 0.0175. The average Bonchev–Trinajstić information content (AvgIpc) is 2.84. The van der Waals surface area contributed by atoms with Crippen molar-refractivity contribution >= 4 is 12.0 Å².